The largest absolute Gasteiger partial charge is 0.394 e. The van der Waals surface area contributed by atoms with Gasteiger partial charge in [-0.3, -0.25) is 0 Å². The predicted molar refractivity (Wildman–Crippen MR) is 77.4 cm³/mol. The second-order valence-electron chi connectivity index (χ2n) is 5.47. The van der Waals surface area contributed by atoms with Crippen LogP contribution in [0.4, 0.5) is 0 Å². The van der Waals surface area contributed by atoms with Crippen molar-refractivity contribution in [2.45, 2.75) is 63.4 Å². The Balaban J connectivity index is 3.90. The molecule has 0 heterocycles. The van der Waals surface area contributed by atoms with Crippen LogP contribution in [0.3, 0.4) is 0 Å². The highest BCUT2D eigenvalue weighted by molar-refractivity contribution is 4.81. The summed E-state index contributed by atoms with van der Waals surface area (Å²) >= 11 is 0. The molecule has 0 saturated heterocycles. The lowest BCUT2D eigenvalue weighted by Crippen LogP contribution is -2.49. The molecular formula is C14H31NO5. The van der Waals surface area contributed by atoms with Crippen LogP contribution in [0.1, 0.15) is 39.0 Å². The van der Waals surface area contributed by atoms with Gasteiger partial charge in [-0.25, -0.2) is 0 Å². The first-order valence-electron chi connectivity index (χ1n) is 7.45. The summed E-state index contributed by atoms with van der Waals surface area (Å²) in [6.45, 7) is 2.53. The molecule has 5 N–H and O–H groups in total. The zero-order valence-corrected chi connectivity index (χ0v) is 12.6. The van der Waals surface area contributed by atoms with E-state index in [1.54, 1.807) is 0 Å². The van der Waals surface area contributed by atoms with Crippen molar-refractivity contribution in [3.63, 3.8) is 0 Å². The molecule has 0 aromatic rings. The number of rotatable bonds is 12. The van der Waals surface area contributed by atoms with Gasteiger partial charge < -0.3 is 30.4 Å². The zero-order chi connectivity index (χ0) is 15.5. The number of hydrogen-bond donors (Lipinski definition) is 5. The SMILES string of the molecule is CCCCCCCN(C)CC(O)C(O)C(O)C(O)CO. The normalized spacial score (nSPS) is 18.0. The molecule has 0 aromatic heterocycles. The van der Waals surface area contributed by atoms with E-state index < -0.39 is 31.0 Å². The topological polar surface area (TPSA) is 104 Å². The van der Waals surface area contributed by atoms with Crippen LogP contribution in [0.15, 0.2) is 0 Å². The fraction of sp³-hybridized carbons (Fsp3) is 1.00. The predicted octanol–water partition coefficient (Wildman–Crippen LogP) is -0.675. The minimum absolute atomic E-state index is 0.212. The van der Waals surface area contributed by atoms with Crippen molar-refractivity contribution in [1.29, 1.82) is 0 Å². The van der Waals surface area contributed by atoms with Crippen LogP contribution in [0.25, 0.3) is 0 Å². The van der Waals surface area contributed by atoms with E-state index in [-0.39, 0.29) is 6.54 Å². The molecule has 0 amide bonds. The monoisotopic (exact) mass is 293 g/mol. The first kappa shape index (κ1) is 19.8. The average Bonchev–Trinajstić information content (AvgIpc) is 2.44. The molecule has 0 rings (SSSR count). The Bertz CT molecular complexity index is 230. The number of nitrogens with zero attached hydrogens (tertiary/aromatic N) is 1. The van der Waals surface area contributed by atoms with Crippen LogP contribution in [0.5, 0.6) is 0 Å². The van der Waals surface area contributed by atoms with Gasteiger partial charge in [0.1, 0.15) is 18.3 Å². The second kappa shape index (κ2) is 11.4. The van der Waals surface area contributed by atoms with Crippen LogP contribution in [0.2, 0.25) is 0 Å². The molecule has 0 aliphatic heterocycles. The number of hydrogen-bond acceptors (Lipinski definition) is 6. The summed E-state index contributed by atoms with van der Waals surface area (Å²) in [5, 5.41) is 46.9. The van der Waals surface area contributed by atoms with Gasteiger partial charge in [-0.05, 0) is 20.0 Å². The van der Waals surface area contributed by atoms with Gasteiger partial charge in [-0.2, -0.15) is 0 Å². The third-order valence-corrected chi connectivity index (χ3v) is 3.47. The Labute approximate surface area is 121 Å². The summed E-state index contributed by atoms with van der Waals surface area (Å²) in [5.74, 6) is 0. The van der Waals surface area contributed by atoms with Crippen molar-refractivity contribution < 1.29 is 25.5 Å². The lowest BCUT2D eigenvalue weighted by Gasteiger charge is -2.28. The van der Waals surface area contributed by atoms with Crippen LogP contribution in [-0.4, -0.2) is 81.6 Å². The van der Waals surface area contributed by atoms with Gasteiger partial charge in [0.2, 0.25) is 0 Å². The third-order valence-electron chi connectivity index (χ3n) is 3.47. The zero-order valence-electron chi connectivity index (χ0n) is 12.6. The molecule has 122 valence electrons. The van der Waals surface area contributed by atoms with E-state index in [1.807, 2.05) is 11.9 Å². The molecule has 0 radical (unpaired) electrons. The number of likely N-dealkylation sites (N-methyl/N-ethyl adjacent to an activating group) is 1. The van der Waals surface area contributed by atoms with Gasteiger partial charge in [0.15, 0.2) is 0 Å². The Hall–Kier alpha value is -0.240. The minimum atomic E-state index is -1.55. The summed E-state index contributed by atoms with van der Waals surface area (Å²) in [6.07, 6.45) is 0.182. The molecule has 0 spiro atoms. The van der Waals surface area contributed by atoms with Gasteiger partial charge in [0, 0.05) is 6.54 Å². The highest BCUT2D eigenvalue weighted by Gasteiger charge is 2.30. The van der Waals surface area contributed by atoms with E-state index in [0.29, 0.717) is 0 Å². The van der Waals surface area contributed by atoms with E-state index in [4.69, 9.17) is 5.11 Å². The molecule has 0 bridgehead atoms. The van der Waals surface area contributed by atoms with E-state index >= 15 is 0 Å². The van der Waals surface area contributed by atoms with Gasteiger partial charge in [0.25, 0.3) is 0 Å². The quantitative estimate of drug-likeness (QED) is 0.306. The summed E-state index contributed by atoms with van der Waals surface area (Å²) in [4.78, 5) is 1.89. The molecule has 0 aliphatic carbocycles. The van der Waals surface area contributed by atoms with Gasteiger partial charge in [0.05, 0.1) is 12.7 Å². The summed E-state index contributed by atoms with van der Waals surface area (Å²) < 4.78 is 0. The highest BCUT2D eigenvalue weighted by Crippen LogP contribution is 2.08. The lowest BCUT2D eigenvalue weighted by molar-refractivity contribution is -0.118. The van der Waals surface area contributed by atoms with Gasteiger partial charge >= 0.3 is 0 Å². The van der Waals surface area contributed by atoms with E-state index in [2.05, 4.69) is 6.92 Å². The molecule has 6 heteroatoms. The lowest BCUT2D eigenvalue weighted by atomic mass is 10.0. The number of aliphatic hydroxyl groups is 5. The Morgan fingerprint density at radius 3 is 1.95 bits per heavy atom. The van der Waals surface area contributed by atoms with Crippen LogP contribution in [0, 0.1) is 0 Å². The van der Waals surface area contributed by atoms with Crippen molar-refractivity contribution in [3.8, 4) is 0 Å². The summed E-state index contributed by atoms with van der Waals surface area (Å²) in [5.41, 5.74) is 0. The Morgan fingerprint density at radius 2 is 1.40 bits per heavy atom. The Kier molecular flexibility index (Phi) is 11.3. The van der Waals surface area contributed by atoms with Crippen molar-refractivity contribution in [3.05, 3.63) is 0 Å². The van der Waals surface area contributed by atoms with Crippen LogP contribution >= 0.6 is 0 Å². The smallest absolute Gasteiger partial charge is 0.111 e. The fourth-order valence-electron chi connectivity index (χ4n) is 2.07. The average molecular weight is 293 g/mol. The maximum absolute atomic E-state index is 9.80. The summed E-state index contributed by atoms with van der Waals surface area (Å²) in [6, 6.07) is 0. The molecule has 4 atom stereocenters. The molecule has 20 heavy (non-hydrogen) atoms. The van der Waals surface area contributed by atoms with E-state index in [1.165, 1.54) is 19.3 Å². The first-order valence-corrected chi connectivity index (χ1v) is 7.45. The van der Waals surface area contributed by atoms with E-state index in [9.17, 15) is 20.4 Å². The maximum Gasteiger partial charge on any atom is 0.111 e. The van der Waals surface area contributed by atoms with Crippen molar-refractivity contribution in [2.75, 3.05) is 26.7 Å². The third kappa shape index (κ3) is 8.14. The second-order valence-corrected chi connectivity index (χ2v) is 5.47. The number of unbranched alkanes of at least 4 members (excludes halogenated alkanes) is 4. The molecule has 0 saturated carbocycles. The van der Waals surface area contributed by atoms with Gasteiger partial charge in [-0.1, -0.05) is 32.6 Å². The summed E-state index contributed by atoms with van der Waals surface area (Å²) in [7, 11) is 1.84. The van der Waals surface area contributed by atoms with Crippen LogP contribution < -0.4 is 0 Å². The Morgan fingerprint density at radius 1 is 0.850 bits per heavy atom. The van der Waals surface area contributed by atoms with E-state index in [0.717, 1.165) is 19.4 Å². The molecular weight excluding hydrogens is 262 g/mol. The molecule has 0 aliphatic rings. The van der Waals surface area contributed by atoms with Gasteiger partial charge in [-0.15, -0.1) is 0 Å². The first-order chi connectivity index (χ1) is 9.43. The standard InChI is InChI=1S/C14H31NO5/c1-3-4-5-6-7-8-15(2)9-11(17)13(19)14(20)12(18)10-16/h11-14,16-20H,3-10H2,1-2H3. The van der Waals surface area contributed by atoms with Crippen molar-refractivity contribution in [1.82, 2.24) is 4.90 Å². The molecule has 0 aromatic carbocycles. The molecule has 6 nitrogen and oxygen atoms in total. The maximum atomic E-state index is 9.80. The highest BCUT2D eigenvalue weighted by atomic mass is 16.4. The minimum Gasteiger partial charge on any atom is -0.394 e. The van der Waals surface area contributed by atoms with Crippen molar-refractivity contribution in [2.24, 2.45) is 0 Å². The fourth-order valence-corrected chi connectivity index (χ4v) is 2.07. The molecule has 4 unspecified atom stereocenters. The number of aliphatic hydroxyl groups excluding tert-OH is 5. The van der Waals surface area contributed by atoms with Crippen LogP contribution in [-0.2, 0) is 0 Å². The van der Waals surface area contributed by atoms with Crippen molar-refractivity contribution >= 4 is 0 Å². The molecule has 0 fully saturated rings.